The SMILES string of the molecule is CCOc1ncc(C(=O)NC2(CC(=O)O)CCOCC2)cc1Cl. The maximum Gasteiger partial charge on any atom is 0.305 e. The number of carbonyl (C=O) groups excluding carboxylic acids is 1. The summed E-state index contributed by atoms with van der Waals surface area (Å²) < 4.78 is 10.5. The van der Waals surface area contributed by atoms with E-state index in [0.29, 0.717) is 32.7 Å². The second kappa shape index (κ2) is 7.61. The molecule has 0 aromatic carbocycles. The van der Waals surface area contributed by atoms with Crippen LogP contribution in [0.25, 0.3) is 0 Å². The Labute approximate surface area is 138 Å². The number of halogens is 1. The third-order valence-corrected chi connectivity index (χ3v) is 3.94. The van der Waals surface area contributed by atoms with Crippen LogP contribution in [0.3, 0.4) is 0 Å². The van der Waals surface area contributed by atoms with Gasteiger partial charge in [0.1, 0.15) is 5.02 Å². The number of aliphatic carboxylic acids is 1. The quantitative estimate of drug-likeness (QED) is 0.819. The molecule has 1 aliphatic heterocycles. The van der Waals surface area contributed by atoms with Crippen molar-refractivity contribution in [3.8, 4) is 5.88 Å². The molecule has 7 nitrogen and oxygen atoms in total. The van der Waals surface area contributed by atoms with Gasteiger partial charge in [-0.2, -0.15) is 0 Å². The van der Waals surface area contributed by atoms with Gasteiger partial charge >= 0.3 is 5.97 Å². The Morgan fingerprint density at radius 3 is 2.74 bits per heavy atom. The lowest BCUT2D eigenvalue weighted by molar-refractivity contribution is -0.139. The summed E-state index contributed by atoms with van der Waals surface area (Å²) in [7, 11) is 0. The summed E-state index contributed by atoms with van der Waals surface area (Å²) in [6, 6.07) is 1.46. The molecule has 1 saturated heterocycles. The van der Waals surface area contributed by atoms with Crippen molar-refractivity contribution in [2.75, 3.05) is 19.8 Å². The van der Waals surface area contributed by atoms with Crippen molar-refractivity contribution in [3.63, 3.8) is 0 Å². The number of rotatable bonds is 6. The Balaban J connectivity index is 2.15. The monoisotopic (exact) mass is 342 g/mol. The molecule has 2 N–H and O–H groups in total. The van der Waals surface area contributed by atoms with Gasteiger partial charge < -0.3 is 19.9 Å². The Hall–Kier alpha value is -1.86. The maximum atomic E-state index is 12.4. The van der Waals surface area contributed by atoms with Gasteiger partial charge in [-0.3, -0.25) is 9.59 Å². The molecule has 0 radical (unpaired) electrons. The molecule has 23 heavy (non-hydrogen) atoms. The highest BCUT2D eigenvalue weighted by Gasteiger charge is 2.36. The molecule has 8 heteroatoms. The van der Waals surface area contributed by atoms with E-state index in [1.165, 1.54) is 12.3 Å². The van der Waals surface area contributed by atoms with E-state index in [1.54, 1.807) is 6.92 Å². The highest BCUT2D eigenvalue weighted by Crippen LogP contribution is 2.26. The molecule has 0 bridgehead atoms. The van der Waals surface area contributed by atoms with Crippen molar-refractivity contribution in [2.45, 2.75) is 31.7 Å². The van der Waals surface area contributed by atoms with Gasteiger partial charge in [-0.05, 0) is 25.8 Å². The number of aromatic nitrogens is 1. The van der Waals surface area contributed by atoms with Crippen LogP contribution in [0.1, 0.15) is 36.5 Å². The van der Waals surface area contributed by atoms with Crippen LogP contribution in [0.5, 0.6) is 5.88 Å². The van der Waals surface area contributed by atoms with Crippen LogP contribution in [0, 0.1) is 0 Å². The highest BCUT2D eigenvalue weighted by molar-refractivity contribution is 6.32. The van der Waals surface area contributed by atoms with Crippen molar-refractivity contribution < 1.29 is 24.2 Å². The van der Waals surface area contributed by atoms with Gasteiger partial charge in [-0.1, -0.05) is 11.6 Å². The number of carbonyl (C=O) groups is 2. The number of pyridine rings is 1. The van der Waals surface area contributed by atoms with Gasteiger partial charge in [-0.25, -0.2) is 4.98 Å². The first-order valence-electron chi connectivity index (χ1n) is 7.36. The lowest BCUT2D eigenvalue weighted by Crippen LogP contribution is -2.53. The predicted molar refractivity (Wildman–Crippen MR) is 82.9 cm³/mol. The van der Waals surface area contributed by atoms with Gasteiger partial charge in [0.15, 0.2) is 0 Å². The number of ether oxygens (including phenoxy) is 2. The third kappa shape index (κ3) is 4.56. The standard InChI is InChI=1S/C15H19ClN2O5/c1-2-23-14-11(16)7-10(9-17-14)13(21)18-15(8-12(19)20)3-5-22-6-4-15/h7,9H,2-6,8H2,1H3,(H,18,21)(H,19,20). The van der Waals surface area contributed by atoms with Crippen LogP contribution >= 0.6 is 11.6 Å². The smallest absolute Gasteiger partial charge is 0.305 e. The molecular formula is C15H19ClN2O5. The summed E-state index contributed by atoms with van der Waals surface area (Å²) in [5, 5.41) is 12.2. The molecule has 0 unspecified atom stereocenters. The van der Waals surface area contributed by atoms with Crippen LogP contribution in [0.15, 0.2) is 12.3 Å². The number of nitrogens with zero attached hydrogens (tertiary/aromatic N) is 1. The second-order valence-corrected chi connectivity index (χ2v) is 5.77. The van der Waals surface area contributed by atoms with Crippen LogP contribution in [0.2, 0.25) is 5.02 Å². The number of nitrogens with one attached hydrogen (secondary N) is 1. The first kappa shape index (κ1) is 17.5. The van der Waals surface area contributed by atoms with E-state index in [-0.39, 0.29) is 22.9 Å². The zero-order valence-corrected chi connectivity index (χ0v) is 13.6. The van der Waals surface area contributed by atoms with Crippen molar-refractivity contribution in [1.82, 2.24) is 10.3 Å². The van der Waals surface area contributed by atoms with Crippen molar-refractivity contribution in [2.24, 2.45) is 0 Å². The Morgan fingerprint density at radius 1 is 1.48 bits per heavy atom. The van der Waals surface area contributed by atoms with Gasteiger partial charge in [0.2, 0.25) is 5.88 Å². The first-order chi connectivity index (χ1) is 11.0. The minimum absolute atomic E-state index is 0.152. The minimum atomic E-state index is -0.963. The number of hydrogen-bond acceptors (Lipinski definition) is 5. The minimum Gasteiger partial charge on any atom is -0.481 e. The molecular weight excluding hydrogens is 324 g/mol. The molecule has 2 rings (SSSR count). The van der Waals surface area contributed by atoms with E-state index < -0.39 is 17.4 Å². The number of carboxylic acid groups (broad SMARTS) is 1. The summed E-state index contributed by atoms with van der Waals surface area (Å²) in [6.45, 7) is 3.05. The summed E-state index contributed by atoms with van der Waals surface area (Å²) in [4.78, 5) is 27.6. The van der Waals surface area contributed by atoms with E-state index in [0.717, 1.165) is 0 Å². The average Bonchev–Trinajstić information content (AvgIpc) is 2.49. The molecule has 0 saturated carbocycles. The molecule has 2 heterocycles. The molecule has 0 aliphatic carbocycles. The summed E-state index contributed by atoms with van der Waals surface area (Å²) >= 11 is 6.03. The predicted octanol–water partition coefficient (Wildman–Crippen LogP) is 1.89. The van der Waals surface area contributed by atoms with E-state index in [4.69, 9.17) is 26.2 Å². The molecule has 1 aromatic heterocycles. The van der Waals surface area contributed by atoms with Crippen molar-refractivity contribution >= 4 is 23.5 Å². The van der Waals surface area contributed by atoms with E-state index >= 15 is 0 Å². The summed E-state index contributed by atoms with van der Waals surface area (Å²) in [6.07, 6.45) is 2.10. The number of amides is 1. The molecule has 1 aliphatic rings. The van der Waals surface area contributed by atoms with E-state index in [2.05, 4.69) is 10.3 Å². The lowest BCUT2D eigenvalue weighted by Gasteiger charge is -2.36. The van der Waals surface area contributed by atoms with E-state index in [9.17, 15) is 9.59 Å². The molecule has 0 atom stereocenters. The summed E-state index contributed by atoms with van der Waals surface area (Å²) in [5.41, 5.74) is -0.554. The highest BCUT2D eigenvalue weighted by atomic mass is 35.5. The van der Waals surface area contributed by atoms with Crippen LogP contribution in [-0.4, -0.2) is 47.3 Å². The number of carboxylic acids is 1. The van der Waals surface area contributed by atoms with Gasteiger partial charge in [-0.15, -0.1) is 0 Å². The lowest BCUT2D eigenvalue weighted by atomic mass is 9.86. The molecule has 126 valence electrons. The van der Waals surface area contributed by atoms with Gasteiger partial charge in [0.05, 0.1) is 24.1 Å². The summed E-state index contributed by atoms with van der Waals surface area (Å²) in [5.74, 6) is -1.11. The Kier molecular flexibility index (Phi) is 5.79. The molecule has 0 spiro atoms. The molecule has 1 fully saturated rings. The van der Waals surface area contributed by atoms with E-state index in [1.807, 2.05) is 0 Å². The zero-order valence-electron chi connectivity index (χ0n) is 12.8. The fourth-order valence-electron chi connectivity index (χ4n) is 2.50. The Bertz CT molecular complexity index is 587. The van der Waals surface area contributed by atoms with Gasteiger partial charge in [0, 0.05) is 19.4 Å². The second-order valence-electron chi connectivity index (χ2n) is 5.36. The van der Waals surface area contributed by atoms with Crippen LogP contribution in [0.4, 0.5) is 0 Å². The van der Waals surface area contributed by atoms with Crippen molar-refractivity contribution in [3.05, 3.63) is 22.8 Å². The van der Waals surface area contributed by atoms with Gasteiger partial charge in [0.25, 0.3) is 5.91 Å². The number of hydrogen-bond donors (Lipinski definition) is 2. The van der Waals surface area contributed by atoms with Crippen LogP contribution < -0.4 is 10.1 Å². The van der Waals surface area contributed by atoms with Crippen molar-refractivity contribution in [1.29, 1.82) is 0 Å². The Morgan fingerprint density at radius 2 is 2.17 bits per heavy atom. The normalized spacial score (nSPS) is 16.6. The molecule has 1 aromatic rings. The largest absolute Gasteiger partial charge is 0.481 e. The fourth-order valence-corrected chi connectivity index (χ4v) is 2.72. The maximum absolute atomic E-state index is 12.4. The van der Waals surface area contributed by atoms with Crippen LogP contribution in [-0.2, 0) is 9.53 Å². The first-order valence-corrected chi connectivity index (χ1v) is 7.74. The average molecular weight is 343 g/mol. The molecule has 1 amide bonds. The fraction of sp³-hybridized carbons (Fsp3) is 0.533. The third-order valence-electron chi connectivity index (χ3n) is 3.67. The zero-order chi connectivity index (χ0) is 16.9. The topological polar surface area (TPSA) is 97.8 Å².